The van der Waals surface area contributed by atoms with E-state index in [1.165, 1.54) is 10.8 Å². The molecule has 1 amide bonds. The number of benzene rings is 2. The summed E-state index contributed by atoms with van der Waals surface area (Å²) in [7, 11) is 2.07. The van der Waals surface area contributed by atoms with E-state index in [0.29, 0.717) is 5.82 Å². The lowest BCUT2D eigenvalue weighted by Gasteiger charge is -2.19. The molecule has 4 heteroatoms. The highest BCUT2D eigenvalue weighted by Gasteiger charge is 2.33. The minimum atomic E-state index is 0.0196. The molecule has 132 valence electrons. The van der Waals surface area contributed by atoms with Crippen LogP contribution in [0.15, 0.2) is 60.7 Å². The van der Waals surface area contributed by atoms with Gasteiger partial charge in [-0.1, -0.05) is 42.5 Å². The van der Waals surface area contributed by atoms with E-state index in [0.717, 1.165) is 24.2 Å². The summed E-state index contributed by atoms with van der Waals surface area (Å²) in [5.74, 6) is 0.693. The topological polar surface area (TPSA) is 45.2 Å². The predicted molar refractivity (Wildman–Crippen MR) is 106 cm³/mol. The van der Waals surface area contributed by atoms with Crippen molar-refractivity contribution in [3.8, 4) is 11.3 Å². The molecule has 0 aliphatic carbocycles. The fourth-order valence-corrected chi connectivity index (χ4v) is 3.68. The first-order chi connectivity index (χ1) is 12.6. The zero-order valence-electron chi connectivity index (χ0n) is 15.1. The molecule has 1 saturated heterocycles. The molecule has 0 unspecified atom stereocenters. The molecule has 1 aliphatic heterocycles. The number of amides is 1. The van der Waals surface area contributed by atoms with Crippen LogP contribution in [-0.4, -0.2) is 35.4 Å². The van der Waals surface area contributed by atoms with Crippen molar-refractivity contribution < 1.29 is 4.79 Å². The van der Waals surface area contributed by atoms with E-state index in [4.69, 9.17) is 0 Å². The van der Waals surface area contributed by atoms with Crippen LogP contribution in [0.25, 0.3) is 22.0 Å². The Morgan fingerprint density at radius 1 is 1.08 bits per heavy atom. The number of hydrogen-bond acceptors (Lipinski definition) is 3. The molecular formula is C22H23N3O. The quantitative estimate of drug-likeness (QED) is 0.774. The summed E-state index contributed by atoms with van der Waals surface area (Å²) in [5.41, 5.74) is 1.92. The van der Waals surface area contributed by atoms with Gasteiger partial charge in [0.1, 0.15) is 5.82 Å². The van der Waals surface area contributed by atoms with E-state index < -0.39 is 0 Å². The first-order valence-corrected chi connectivity index (χ1v) is 9.09. The van der Waals surface area contributed by atoms with Crippen molar-refractivity contribution in [2.75, 3.05) is 18.9 Å². The Balaban J connectivity index is 1.57. The number of anilines is 1. The molecular weight excluding hydrogens is 322 g/mol. The highest BCUT2D eigenvalue weighted by molar-refractivity contribution is 5.93. The van der Waals surface area contributed by atoms with E-state index in [1.54, 1.807) is 0 Å². The lowest BCUT2D eigenvalue weighted by atomic mass is 10.0. The number of nitrogens with zero attached hydrogens (tertiary/aromatic N) is 2. The third-order valence-electron chi connectivity index (χ3n) is 5.45. The maximum atomic E-state index is 12.6. The first kappa shape index (κ1) is 16.7. The third kappa shape index (κ3) is 3.20. The van der Waals surface area contributed by atoms with Gasteiger partial charge < -0.3 is 10.2 Å². The smallest absolute Gasteiger partial charge is 0.230 e. The predicted octanol–water partition coefficient (Wildman–Crippen LogP) is 4.18. The monoisotopic (exact) mass is 345 g/mol. The third-order valence-corrected chi connectivity index (χ3v) is 5.45. The van der Waals surface area contributed by atoms with Crippen LogP contribution in [0.3, 0.4) is 0 Å². The average Bonchev–Trinajstić information content (AvgIpc) is 3.00. The minimum absolute atomic E-state index is 0.0196. The molecule has 0 spiro atoms. The number of hydrogen-bond donors (Lipinski definition) is 1. The number of fused-ring (bicyclic) bond motifs is 1. The van der Waals surface area contributed by atoms with Gasteiger partial charge in [0.15, 0.2) is 0 Å². The van der Waals surface area contributed by atoms with E-state index in [9.17, 15) is 4.79 Å². The van der Waals surface area contributed by atoms with Gasteiger partial charge in [-0.2, -0.15) is 0 Å². The Morgan fingerprint density at radius 3 is 2.65 bits per heavy atom. The Hall–Kier alpha value is -2.72. The van der Waals surface area contributed by atoms with Gasteiger partial charge in [0.2, 0.25) is 5.91 Å². The molecule has 4 nitrogen and oxygen atoms in total. The van der Waals surface area contributed by atoms with Crippen LogP contribution in [0.2, 0.25) is 0 Å². The highest BCUT2D eigenvalue weighted by Crippen LogP contribution is 2.26. The Morgan fingerprint density at radius 2 is 1.88 bits per heavy atom. The second-order valence-electron chi connectivity index (χ2n) is 7.08. The standard InChI is InChI=1S/C22H23N3O/c1-15-19(12-13-25(15)2)22(26)24-21-9-5-8-20(23-21)18-11-10-16-6-3-4-7-17(16)14-18/h3-11,14-15,19H,12-13H2,1-2H3,(H,23,24,26)/t15-,19-/m1/s1. The molecule has 2 atom stereocenters. The summed E-state index contributed by atoms with van der Waals surface area (Å²) >= 11 is 0. The van der Waals surface area contributed by atoms with Crippen molar-refractivity contribution in [2.24, 2.45) is 5.92 Å². The zero-order chi connectivity index (χ0) is 18.1. The normalized spacial score (nSPS) is 20.4. The molecule has 0 saturated carbocycles. The summed E-state index contributed by atoms with van der Waals surface area (Å²) in [5, 5.41) is 5.40. The van der Waals surface area contributed by atoms with Gasteiger partial charge in [0.05, 0.1) is 11.6 Å². The van der Waals surface area contributed by atoms with Gasteiger partial charge in [-0.15, -0.1) is 0 Å². The molecule has 2 aromatic carbocycles. The fourth-order valence-electron chi connectivity index (χ4n) is 3.68. The van der Waals surface area contributed by atoms with Crippen LogP contribution in [-0.2, 0) is 4.79 Å². The molecule has 1 N–H and O–H groups in total. The van der Waals surface area contributed by atoms with Crippen LogP contribution >= 0.6 is 0 Å². The van der Waals surface area contributed by atoms with E-state index in [-0.39, 0.29) is 17.9 Å². The fraction of sp³-hybridized carbons (Fsp3) is 0.273. The van der Waals surface area contributed by atoms with Crippen molar-refractivity contribution in [1.29, 1.82) is 0 Å². The SMILES string of the molecule is C[C@@H]1[C@H](C(=O)Nc2cccc(-c3ccc4ccccc4c3)n2)CCN1C. The second kappa shape index (κ2) is 6.89. The molecule has 26 heavy (non-hydrogen) atoms. The van der Waals surface area contributed by atoms with E-state index in [1.807, 2.05) is 30.3 Å². The molecule has 2 heterocycles. The Labute approximate surface area is 153 Å². The van der Waals surface area contributed by atoms with Crippen molar-refractivity contribution in [3.05, 3.63) is 60.7 Å². The molecule has 0 bridgehead atoms. The first-order valence-electron chi connectivity index (χ1n) is 9.09. The van der Waals surface area contributed by atoms with Gasteiger partial charge in [0, 0.05) is 11.6 Å². The van der Waals surface area contributed by atoms with Crippen molar-refractivity contribution in [1.82, 2.24) is 9.88 Å². The van der Waals surface area contributed by atoms with Crippen molar-refractivity contribution in [2.45, 2.75) is 19.4 Å². The summed E-state index contributed by atoms with van der Waals surface area (Å²) in [6, 6.07) is 20.6. The largest absolute Gasteiger partial charge is 0.310 e. The molecule has 1 aromatic heterocycles. The van der Waals surface area contributed by atoms with Crippen LogP contribution in [0.1, 0.15) is 13.3 Å². The summed E-state index contributed by atoms with van der Waals surface area (Å²) in [6.45, 7) is 3.07. The number of carbonyl (C=O) groups is 1. The summed E-state index contributed by atoms with van der Waals surface area (Å²) < 4.78 is 0. The lowest BCUT2D eigenvalue weighted by Crippen LogP contribution is -2.33. The van der Waals surface area contributed by atoms with Crippen molar-refractivity contribution in [3.63, 3.8) is 0 Å². The molecule has 1 fully saturated rings. The van der Waals surface area contributed by atoms with E-state index in [2.05, 4.69) is 59.5 Å². The molecule has 3 aromatic rings. The van der Waals surface area contributed by atoms with Crippen LogP contribution < -0.4 is 5.32 Å². The number of pyridine rings is 1. The zero-order valence-corrected chi connectivity index (χ0v) is 15.1. The van der Waals surface area contributed by atoms with Crippen LogP contribution in [0.5, 0.6) is 0 Å². The number of rotatable bonds is 3. The van der Waals surface area contributed by atoms with Gasteiger partial charge >= 0.3 is 0 Å². The molecule has 0 radical (unpaired) electrons. The Kier molecular flexibility index (Phi) is 4.43. The lowest BCUT2D eigenvalue weighted by molar-refractivity contribution is -0.120. The number of aromatic nitrogens is 1. The Bertz CT molecular complexity index is 953. The average molecular weight is 345 g/mol. The highest BCUT2D eigenvalue weighted by atomic mass is 16.2. The summed E-state index contributed by atoms with van der Waals surface area (Å²) in [4.78, 5) is 19.5. The number of carbonyl (C=O) groups excluding carboxylic acids is 1. The summed E-state index contributed by atoms with van der Waals surface area (Å²) in [6.07, 6.45) is 0.897. The van der Waals surface area contributed by atoms with Gasteiger partial charge in [-0.3, -0.25) is 4.79 Å². The van der Waals surface area contributed by atoms with Gasteiger partial charge in [0.25, 0.3) is 0 Å². The second-order valence-corrected chi connectivity index (χ2v) is 7.08. The maximum absolute atomic E-state index is 12.6. The van der Waals surface area contributed by atoms with E-state index >= 15 is 0 Å². The number of nitrogens with one attached hydrogen (secondary N) is 1. The number of likely N-dealkylation sites (tertiary alicyclic amines) is 1. The van der Waals surface area contributed by atoms with Crippen molar-refractivity contribution >= 4 is 22.5 Å². The van der Waals surface area contributed by atoms with Gasteiger partial charge in [-0.25, -0.2) is 4.98 Å². The van der Waals surface area contributed by atoms with Crippen LogP contribution in [0, 0.1) is 5.92 Å². The minimum Gasteiger partial charge on any atom is -0.310 e. The molecule has 4 rings (SSSR count). The van der Waals surface area contributed by atoms with Gasteiger partial charge in [-0.05, 0) is 55.9 Å². The maximum Gasteiger partial charge on any atom is 0.230 e. The van der Waals surface area contributed by atoms with Crippen LogP contribution in [0.4, 0.5) is 5.82 Å². The molecule has 1 aliphatic rings.